The molecule has 3 N–H and O–H groups in total. The van der Waals surface area contributed by atoms with Crippen LogP contribution in [0, 0.1) is 6.92 Å². The van der Waals surface area contributed by atoms with E-state index >= 15 is 0 Å². The molecule has 4 aromatic rings. The van der Waals surface area contributed by atoms with Crippen molar-refractivity contribution in [2.45, 2.75) is 83.4 Å². The fraction of sp³-hybridized carbons (Fsp3) is 0.467. The first kappa shape index (κ1) is 29.6. The van der Waals surface area contributed by atoms with Gasteiger partial charge in [0.05, 0.1) is 33.6 Å². The summed E-state index contributed by atoms with van der Waals surface area (Å²) in [5.74, 6) is 0.931. The molecular weight excluding hydrogens is 572 g/mol. The third-order valence-corrected chi connectivity index (χ3v) is 8.34. The van der Waals surface area contributed by atoms with Crippen LogP contribution in [-0.4, -0.2) is 67.5 Å². The minimum atomic E-state index is -1.20. The van der Waals surface area contributed by atoms with Gasteiger partial charge in [0.1, 0.15) is 35.8 Å². The predicted octanol–water partition coefficient (Wildman–Crippen LogP) is 4.06. The molecule has 13 heteroatoms. The number of aromatic nitrogens is 4. The molecule has 228 valence electrons. The van der Waals surface area contributed by atoms with Gasteiger partial charge < -0.3 is 24.1 Å². The van der Waals surface area contributed by atoms with Gasteiger partial charge in [0.25, 0.3) is 0 Å². The molecule has 2 aliphatic rings. The van der Waals surface area contributed by atoms with Crippen molar-refractivity contribution in [2.24, 2.45) is 0 Å². The van der Waals surface area contributed by atoms with Gasteiger partial charge in [0.15, 0.2) is 12.1 Å². The summed E-state index contributed by atoms with van der Waals surface area (Å²) < 4.78 is 27.0. The summed E-state index contributed by atoms with van der Waals surface area (Å²) in [5, 5.41) is 17.5. The third kappa shape index (κ3) is 6.28. The fourth-order valence-electron chi connectivity index (χ4n) is 5.29. The van der Waals surface area contributed by atoms with E-state index in [4.69, 9.17) is 18.9 Å². The highest BCUT2D eigenvalue weighted by Gasteiger charge is 2.51. The number of carbonyl (C=O) groups is 1. The SMILES string of the molecule is CCc1nc2ccc(-n3nc(C)nc3[C@@H]3OC4COC(c5ccccc5)O[C@@H]4C(NNC(=O)OC(C)(C)C)C3O)cc2s1. The second kappa shape index (κ2) is 11.9. The van der Waals surface area contributed by atoms with E-state index in [-0.39, 0.29) is 6.61 Å². The summed E-state index contributed by atoms with van der Waals surface area (Å²) in [5.41, 5.74) is 7.36. The van der Waals surface area contributed by atoms with Gasteiger partial charge in [-0.25, -0.2) is 24.9 Å². The summed E-state index contributed by atoms with van der Waals surface area (Å²) in [6.45, 7) is 9.38. The Balaban J connectivity index is 1.31. The average Bonchev–Trinajstić information content (AvgIpc) is 3.58. The number of benzene rings is 2. The first-order valence-electron chi connectivity index (χ1n) is 14.3. The van der Waals surface area contributed by atoms with E-state index in [1.54, 1.807) is 43.7 Å². The van der Waals surface area contributed by atoms with Crippen LogP contribution in [0.2, 0.25) is 0 Å². The average molecular weight is 609 g/mol. The van der Waals surface area contributed by atoms with Crippen LogP contribution in [0.4, 0.5) is 4.79 Å². The van der Waals surface area contributed by atoms with Crippen molar-refractivity contribution in [1.82, 2.24) is 30.6 Å². The van der Waals surface area contributed by atoms with Crippen molar-refractivity contribution < 1.29 is 28.8 Å². The van der Waals surface area contributed by atoms with Crippen LogP contribution in [0.1, 0.15) is 62.3 Å². The van der Waals surface area contributed by atoms with Crippen molar-refractivity contribution >= 4 is 27.6 Å². The molecule has 2 aromatic carbocycles. The van der Waals surface area contributed by atoms with Gasteiger partial charge in [0, 0.05) is 5.56 Å². The number of hydrogen-bond donors (Lipinski definition) is 3. The van der Waals surface area contributed by atoms with Crippen LogP contribution < -0.4 is 10.9 Å². The number of nitrogens with one attached hydrogen (secondary N) is 2. The first-order chi connectivity index (χ1) is 20.6. The van der Waals surface area contributed by atoms with Crippen molar-refractivity contribution in [3.63, 3.8) is 0 Å². The van der Waals surface area contributed by atoms with Gasteiger partial charge in [0.2, 0.25) is 0 Å². The molecule has 4 unspecified atom stereocenters. The minimum Gasteiger partial charge on any atom is -0.443 e. The van der Waals surface area contributed by atoms with Gasteiger partial charge in [-0.3, -0.25) is 5.43 Å². The maximum absolute atomic E-state index is 12.6. The number of fused-ring (bicyclic) bond motifs is 2. The largest absolute Gasteiger partial charge is 0.443 e. The van der Waals surface area contributed by atoms with Crippen LogP contribution in [0.15, 0.2) is 48.5 Å². The zero-order valence-electron chi connectivity index (χ0n) is 24.7. The number of rotatable bonds is 6. The highest BCUT2D eigenvalue weighted by Crippen LogP contribution is 2.39. The molecule has 2 aromatic heterocycles. The molecule has 2 fully saturated rings. The zero-order chi connectivity index (χ0) is 30.3. The number of aliphatic hydroxyl groups excluding tert-OH is 1. The molecule has 0 bridgehead atoms. The van der Waals surface area contributed by atoms with Gasteiger partial charge in [-0.15, -0.1) is 11.3 Å². The Kier molecular flexibility index (Phi) is 8.20. The molecule has 0 spiro atoms. The number of nitrogens with zero attached hydrogens (tertiary/aromatic N) is 4. The summed E-state index contributed by atoms with van der Waals surface area (Å²) in [4.78, 5) is 21.9. The molecule has 2 saturated heterocycles. The number of aryl methyl sites for hydroxylation is 2. The quantitative estimate of drug-likeness (QED) is 0.274. The molecule has 0 saturated carbocycles. The molecule has 12 nitrogen and oxygen atoms in total. The Morgan fingerprint density at radius 1 is 1.16 bits per heavy atom. The van der Waals surface area contributed by atoms with E-state index < -0.39 is 48.4 Å². The molecule has 43 heavy (non-hydrogen) atoms. The lowest BCUT2D eigenvalue weighted by Gasteiger charge is -2.48. The van der Waals surface area contributed by atoms with E-state index in [2.05, 4.69) is 32.8 Å². The molecule has 2 aliphatic heterocycles. The number of aliphatic hydroxyl groups is 1. The third-order valence-electron chi connectivity index (χ3n) is 7.18. The van der Waals surface area contributed by atoms with Crippen LogP contribution in [-0.2, 0) is 25.4 Å². The van der Waals surface area contributed by atoms with Crippen LogP contribution in [0.25, 0.3) is 15.9 Å². The molecular formula is C30H36N6O6S. The lowest BCUT2D eigenvalue weighted by atomic mass is 9.91. The lowest BCUT2D eigenvalue weighted by Crippen LogP contribution is -2.66. The lowest BCUT2D eigenvalue weighted by molar-refractivity contribution is -0.313. The summed E-state index contributed by atoms with van der Waals surface area (Å²) in [7, 11) is 0. The van der Waals surface area contributed by atoms with E-state index in [0.29, 0.717) is 11.6 Å². The Morgan fingerprint density at radius 2 is 1.95 bits per heavy atom. The Hall–Kier alpha value is -3.46. The first-order valence-corrected chi connectivity index (χ1v) is 15.1. The van der Waals surface area contributed by atoms with Gasteiger partial charge in [-0.05, 0) is 52.3 Å². The number of amides is 1. The number of carbonyl (C=O) groups excluding carboxylic acids is 1. The summed E-state index contributed by atoms with van der Waals surface area (Å²) in [6.07, 6.45) is -3.91. The molecule has 6 rings (SSSR count). The number of ether oxygens (including phenoxy) is 4. The summed E-state index contributed by atoms with van der Waals surface area (Å²) in [6, 6.07) is 14.6. The molecule has 0 aliphatic carbocycles. The Bertz CT molecular complexity index is 1590. The molecule has 1 amide bonds. The van der Waals surface area contributed by atoms with Gasteiger partial charge in [-0.1, -0.05) is 37.3 Å². The Morgan fingerprint density at radius 3 is 2.70 bits per heavy atom. The number of thiazole rings is 1. The highest BCUT2D eigenvalue weighted by atomic mass is 32.1. The normalized spacial score (nSPS) is 25.8. The smallest absolute Gasteiger partial charge is 0.422 e. The number of hydrogen-bond acceptors (Lipinski definition) is 11. The Labute approximate surface area is 253 Å². The monoisotopic (exact) mass is 608 g/mol. The van der Waals surface area contributed by atoms with Gasteiger partial charge in [-0.2, -0.15) is 5.10 Å². The fourth-order valence-corrected chi connectivity index (χ4v) is 6.23. The standard InChI is InChI=1S/C30H36N6O6S/c1-6-22-32-19-13-12-18(14-21(19)43-22)36-27(31-16(2)35-36)26-24(37)23(33-34-29(38)42-30(3,4)5)25-20(40-26)15-39-28(41-25)17-10-8-7-9-11-17/h7-14,20,23-26,28,33,37H,6,15H2,1-5H3,(H,34,38)/t20?,23?,24?,25-,26+,28?/m0/s1. The maximum atomic E-state index is 12.6. The number of hydrazine groups is 1. The van der Waals surface area contributed by atoms with E-state index in [0.717, 1.165) is 32.9 Å². The van der Waals surface area contributed by atoms with Crippen LogP contribution in [0.3, 0.4) is 0 Å². The van der Waals surface area contributed by atoms with E-state index in [1.807, 2.05) is 48.5 Å². The molecule has 4 heterocycles. The van der Waals surface area contributed by atoms with Gasteiger partial charge >= 0.3 is 6.09 Å². The van der Waals surface area contributed by atoms with Crippen molar-refractivity contribution in [3.05, 3.63) is 70.8 Å². The van der Waals surface area contributed by atoms with E-state index in [9.17, 15) is 9.90 Å². The second-order valence-electron chi connectivity index (χ2n) is 11.6. The summed E-state index contributed by atoms with van der Waals surface area (Å²) >= 11 is 1.63. The van der Waals surface area contributed by atoms with Crippen molar-refractivity contribution in [2.75, 3.05) is 6.61 Å². The predicted molar refractivity (Wildman–Crippen MR) is 159 cm³/mol. The zero-order valence-corrected chi connectivity index (χ0v) is 25.5. The molecule has 0 radical (unpaired) electrons. The van der Waals surface area contributed by atoms with Crippen LogP contribution in [0.5, 0.6) is 0 Å². The minimum absolute atomic E-state index is 0.192. The molecule has 6 atom stereocenters. The van der Waals surface area contributed by atoms with E-state index in [1.165, 1.54) is 0 Å². The van der Waals surface area contributed by atoms with Crippen molar-refractivity contribution in [1.29, 1.82) is 0 Å². The van der Waals surface area contributed by atoms with Crippen molar-refractivity contribution in [3.8, 4) is 5.69 Å². The second-order valence-corrected chi connectivity index (χ2v) is 12.7. The van der Waals surface area contributed by atoms with Crippen LogP contribution >= 0.6 is 11.3 Å². The topological polar surface area (TPSA) is 142 Å². The maximum Gasteiger partial charge on any atom is 0.422 e. The highest BCUT2D eigenvalue weighted by molar-refractivity contribution is 7.18.